The van der Waals surface area contributed by atoms with E-state index in [1.54, 1.807) is 37.4 Å². The molecule has 0 aliphatic rings. The summed E-state index contributed by atoms with van der Waals surface area (Å²) in [4.78, 5) is 23.5. The predicted molar refractivity (Wildman–Crippen MR) is 129 cm³/mol. The highest BCUT2D eigenvalue weighted by atomic mass is 16.6. The normalized spacial score (nSPS) is 11.0. The van der Waals surface area contributed by atoms with E-state index in [9.17, 15) is 9.59 Å². The van der Waals surface area contributed by atoms with Crippen LogP contribution in [0.2, 0.25) is 0 Å². The Labute approximate surface area is 213 Å². The first-order valence-corrected chi connectivity index (χ1v) is 12.1. The van der Waals surface area contributed by atoms with Gasteiger partial charge in [0.15, 0.2) is 0 Å². The quantitative estimate of drug-likeness (QED) is 0.0764. The number of ketones is 1. The molecule has 0 saturated carbocycles. The van der Waals surface area contributed by atoms with Crippen molar-refractivity contribution < 1.29 is 52.2 Å². The van der Waals surface area contributed by atoms with Crippen LogP contribution >= 0.6 is 0 Å². The molecule has 0 bridgehead atoms. The zero-order valence-electron chi connectivity index (χ0n) is 21.2. The van der Waals surface area contributed by atoms with E-state index < -0.39 is 11.8 Å². The van der Waals surface area contributed by atoms with E-state index in [-0.39, 0.29) is 13.2 Å². The molecule has 0 amide bonds. The van der Waals surface area contributed by atoms with Crippen molar-refractivity contribution in [1.82, 2.24) is 0 Å². The maximum absolute atomic E-state index is 11.8. The SMILES string of the molecule is COCCOCCOCCOCCOCCOCCOCCOCCOC(=O)C(=O)c1ccccc1. The Hall–Kier alpha value is -1.96. The van der Waals surface area contributed by atoms with Gasteiger partial charge >= 0.3 is 5.97 Å². The fraction of sp³-hybridized carbons (Fsp3) is 0.680. The number of benzene rings is 1. The van der Waals surface area contributed by atoms with Gasteiger partial charge in [-0.1, -0.05) is 30.3 Å². The molecule has 1 aromatic carbocycles. The van der Waals surface area contributed by atoms with Crippen molar-refractivity contribution in [3.05, 3.63) is 35.9 Å². The summed E-state index contributed by atoms with van der Waals surface area (Å²) in [7, 11) is 1.64. The topological polar surface area (TPSA) is 117 Å². The first-order chi connectivity index (χ1) is 17.8. The Balaban J connectivity index is 1.72. The van der Waals surface area contributed by atoms with Gasteiger partial charge in [-0.2, -0.15) is 0 Å². The summed E-state index contributed by atoms with van der Waals surface area (Å²) in [5, 5.41) is 0. The van der Waals surface area contributed by atoms with Crippen LogP contribution in [0.15, 0.2) is 30.3 Å². The molecule has 0 unspecified atom stereocenters. The molecule has 36 heavy (non-hydrogen) atoms. The molecule has 0 atom stereocenters. The zero-order chi connectivity index (χ0) is 25.9. The monoisotopic (exact) mass is 516 g/mol. The molecule has 0 heterocycles. The Kier molecular flexibility index (Phi) is 22.0. The van der Waals surface area contributed by atoms with Gasteiger partial charge in [0.05, 0.1) is 99.1 Å². The summed E-state index contributed by atoms with van der Waals surface area (Å²) in [6, 6.07) is 8.26. The van der Waals surface area contributed by atoms with E-state index in [0.29, 0.717) is 98.1 Å². The molecule has 206 valence electrons. The third-order valence-electron chi connectivity index (χ3n) is 4.35. The molecular weight excluding hydrogens is 476 g/mol. The number of carbonyl (C=O) groups is 2. The predicted octanol–water partition coefficient (Wildman–Crippen LogP) is 1.18. The average molecular weight is 517 g/mol. The highest BCUT2D eigenvalue weighted by Gasteiger charge is 2.16. The van der Waals surface area contributed by atoms with Crippen LogP contribution in [0.4, 0.5) is 0 Å². The van der Waals surface area contributed by atoms with Gasteiger partial charge in [0, 0.05) is 12.7 Å². The van der Waals surface area contributed by atoms with Gasteiger partial charge in [-0.15, -0.1) is 0 Å². The first-order valence-electron chi connectivity index (χ1n) is 12.1. The Morgan fingerprint density at radius 2 is 0.833 bits per heavy atom. The molecule has 0 aromatic heterocycles. The molecule has 11 nitrogen and oxygen atoms in total. The molecular formula is C25H40O11. The molecule has 0 saturated heterocycles. The smallest absolute Gasteiger partial charge is 0.379 e. The van der Waals surface area contributed by atoms with Crippen LogP contribution < -0.4 is 0 Å². The molecule has 11 heteroatoms. The number of rotatable bonds is 26. The van der Waals surface area contributed by atoms with Gasteiger partial charge in [-0.05, 0) is 0 Å². The molecule has 0 spiro atoms. The minimum absolute atomic E-state index is 0.00442. The number of hydrogen-bond donors (Lipinski definition) is 0. The third-order valence-corrected chi connectivity index (χ3v) is 4.35. The van der Waals surface area contributed by atoms with Gasteiger partial charge in [0.1, 0.15) is 6.61 Å². The number of hydrogen-bond acceptors (Lipinski definition) is 11. The summed E-state index contributed by atoms with van der Waals surface area (Å²) < 4.78 is 47.3. The van der Waals surface area contributed by atoms with Crippen molar-refractivity contribution in [3.8, 4) is 0 Å². The molecule has 1 aromatic rings. The molecule has 0 aliphatic heterocycles. The van der Waals surface area contributed by atoms with Crippen molar-refractivity contribution in [1.29, 1.82) is 0 Å². The van der Waals surface area contributed by atoms with Gasteiger partial charge in [-0.3, -0.25) is 4.79 Å². The van der Waals surface area contributed by atoms with Crippen LogP contribution in [0.25, 0.3) is 0 Å². The summed E-state index contributed by atoms with van der Waals surface area (Å²) in [6.45, 7) is 7.02. The van der Waals surface area contributed by atoms with E-state index in [0.717, 1.165) is 0 Å². The van der Waals surface area contributed by atoms with Crippen molar-refractivity contribution in [2.24, 2.45) is 0 Å². The summed E-state index contributed by atoms with van der Waals surface area (Å²) >= 11 is 0. The highest BCUT2D eigenvalue weighted by Crippen LogP contribution is 2.01. The van der Waals surface area contributed by atoms with Crippen LogP contribution in [0.1, 0.15) is 10.4 Å². The van der Waals surface area contributed by atoms with Gasteiger partial charge in [0.2, 0.25) is 0 Å². The maximum Gasteiger partial charge on any atom is 0.379 e. The largest absolute Gasteiger partial charge is 0.457 e. The number of Topliss-reactive ketones (excluding diaryl/α,β-unsaturated/α-hetero) is 1. The van der Waals surface area contributed by atoms with Crippen LogP contribution in [0.3, 0.4) is 0 Å². The minimum atomic E-state index is -0.893. The number of methoxy groups -OCH3 is 1. The lowest BCUT2D eigenvalue weighted by molar-refractivity contribution is -0.139. The summed E-state index contributed by atoms with van der Waals surface area (Å²) in [5.41, 5.74) is 0.299. The van der Waals surface area contributed by atoms with Crippen LogP contribution in [0.5, 0.6) is 0 Å². The Morgan fingerprint density at radius 1 is 0.500 bits per heavy atom. The number of esters is 1. The van der Waals surface area contributed by atoms with E-state index in [1.807, 2.05) is 0 Å². The molecule has 0 radical (unpaired) electrons. The van der Waals surface area contributed by atoms with Gasteiger partial charge < -0.3 is 42.6 Å². The number of carbonyl (C=O) groups excluding carboxylic acids is 2. The standard InChI is InChI=1S/C25H40O11/c1-28-7-8-29-9-10-30-11-12-31-13-14-32-15-16-33-17-18-34-19-20-35-21-22-36-25(27)24(26)23-5-3-2-4-6-23/h2-6H,7-22H2,1H3. The van der Waals surface area contributed by atoms with Crippen LogP contribution in [-0.2, 0) is 47.4 Å². The first kappa shape index (κ1) is 32.1. The Bertz CT molecular complexity index is 642. The molecule has 0 N–H and O–H groups in total. The fourth-order valence-electron chi connectivity index (χ4n) is 2.53. The van der Waals surface area contributed by atoms with Gasteiger partial charge in [-0.25, -0.2) is 4.79 Å². The van der Waals surface area contributed by atoms with Crippen molar-refractivity contribution >= 4 is 11.8 Å². The van der Waals surface area contributed by atoms with E-state index in [1.165, 1.54) is 0 Å². The lowest BCUT2D eigenvalue weighted by Crippen LogP contribution is -2.20. The van der Waals surface area contributed by atoms with Crippen LogP contribution in [0, 0.1) is 0 Å². The number of ether oxygens (including phenoxy) is 9. The van der Waals surface area contributed by atoms with E-state index in [4.69, 9.17) is 42.6 Å². The second kappa shape index (κ2) is 24.7. The van der Waals surface area contributed by atoms with Crippen molar-refractivity contribution in [3.63, 3.8) is 0 Å². The fourth-order valence-corrected chi connectivity index (χ4v) is 2.53. The second-order valence-corrected chi connectivity index (χ2v) is 7.11. The lowest BCUT2D eigenvalue weighted by atomic mass is 10.1. The zero-order valence-corrected chi connectivity index (χ0v) is 21.2. The van der Waals surface area contributed by atoms with E-state index >= 15 is 0 Å². The van der Waals surface area contributed by atoms with Gasteiger partial charge in [0.25, 0.3) is 5.78 Å². The Morgan fingerprint density at radius 3 is 1.19 bits per heavy atom. The molecule has 0 fully saturated rings. The minimum Gasteiger partial charge on any atom is -0.457 e. The molecule has 1 rings (SSSR count). The third kappa shape index (κ3) is 19.3. The van der Waals surface area contributed by atoms with Crippen LogP contribution in [-0.4, -0.2) is 125 Å². The van der Waals surface area contributed by atoms with Crippen molar-refractivity contribution in [2.75, 3.05) is 113 Å². The lowest BCUT2D eigenvalue weighted by Gasteiger charge is -2.08. The highest BCUT2D eigenvalue weighted by molar-refractivity contribution is 6.40. The molecule has 0 aliphatic carbocycles. The van der Waals surface area contributed by atoms with E-state index in [2.05, 4.69) is 0 Å². The maximum atomic E-state index is 11.8. The summed E-state index contributed by atoms with van der Waals surface area (Å²) in [5.74, 6) is -1.56. The van der Waals surface area contributed by atoms with Crippen molar-refractivity contribution in [2.45, 2.75) is 0 Å². The summed E-state index contributed by atoms with van der Waals surface area (Å²) in [6.07, 6.45) is 0. The average Bonchev–Trinajstić information content (AvgIpc) is 2.91. The second-order valence-electron chi connectivity index (χ2n) is 7.11.